The SMILES string of the molecule is CCOc1cccc(-c2nccc3c2cc(C(=O)O)n3Cc2ccc(-c3ccccc3)cc2)c1. The van der Waals surface area contributed by atoms with Gasteiger partial charge in [0.2, 0.25) is 0 Å². The average Bonchev–Trinajstić information content (AvgIpc) is 3.24. The van der Waals surface area contributed by atoms with Crippen LogP contribution in [0.2, 0.25) is 0 Å². The highest BCUT2D eigenvalue weighted by Crippen LogP contribution is 2.32. The van der Waals surface area contributed by atoms with Gasteiger partial charge in [-0.25, -0.2) is 4.79 Å². The predicted molar refractivity (Wildman–Crippen MR) is 134 cm³/mol. The number of rotatable bonds is 7. The van der Waals surface area contributed by atoms with E-state index in [-0.39, 0.29) is 5.69 Å². The number of fused-ring (bicyclic) bond motifs is 1. The lowest BCUT2D eigenvalue weighted by Gasteiger charge is -2.11. The molecule has 0 unspecified atom stereocenters. The van der Waals surface area contributed by atoms with Crippen LogP contribution in [0, 0.1) is 0 Å². The van der Waals surface area contributed by atoms with Gasteiger partial charge in [0, 0.05) is 23.7 Å². The molecule has 0 radical (unpaired) electrons. The van der Waals surface area contributed by atoms with Gasteiger partial charge >= 0.3 is 5.97 Å². The Labute approximate surface area is 197 Å². The number of benzene rings is 3. The summed E-state index contributed by atoms with van der Waals surface area (Å²) < 4.78 is 7.48. The number of ether oxygens (including phenoxy) is 1. The van der Waals surface area contributed by atoms with Crippen LogP contribution in [0.15, 0.2) is 97.2 Å². The van der Waals surface area contributed by atoms with E-state index < -0.39 is 5.97 Å². The third-order valence-electron chi connectivity index (χ3n) is 5.87. The molecule has 5 nitrogen and oxygen atoms in total. The van der Waals surface area contributed by atoms with Gasteiger partial charge in [0.1, 0.15) is 11.4 Å². The van der Waals surface area contributed by atoms with Crippen LogP contribution in [0.3, 0.4) is 0 Å². The zero-order chi connectivity index (χ0) is 23.5. The lowest BCUT2D eigenvalue weighted by Crippen LogP contribution is -2.09. The second kappa shape index (κ2) is 9.24. The Bertz CT molecular complexity index is 1450. The van der Waals surface area contributed by atoms with Crippen molar-refractivity contribution in [3.05, 3.63) is 108 Å². The van der Waals surface area contributed by atoms with Crippen LogP contribution in [-0.2, 0) is 6.54 Å². The minimum atomic E-state index is -0.967. The van der Waals surface area contributed by atoms with Crippen LogP contribution in [0.25, 0.3) is 33.3 Å². The van der Waals surface area contributed by atoms with Gasteiger partial charge in [-0.2, -0.15) is 0 Å². The van der Waals surface area contributed by atoms with Gasteiger partial charge in [0.25, 0.3) is 0 Å². The number of aromatic carboxylic acids is 1. The molecule has 3 aromatic carbocycles. The van der Waals surface area contributed by atoms with Crippen molar-refractivity contribution in [2.24, 2.45) is 0 Å². The predicted octanol–water partition coefficient (Wildman–Crippen LogP) is 6.52. The Hall–Kier alpha value is -4.38. The summed E-state index contributed by atoms with van der Waals surface area (Å²) >= 11 is 0. The van der Waals surface area contributed by atoms with Crippen LogP contribution < -0.4 is 4.74 Å². The molecule has 0 aliphatic heterocycles. The molecule has 0 amide bonds. The van der Waals surface area contributed by atoms with Crippen molar-refractivity contribution in [2.75, 3.05) is 6.61 Å². The molecule has 5 rings (SSSR count). The summed E-state index contributed by atoms with van der Waals surface area (Å²) in [5.74, 6) is -0.207. The normalized spacial score (nSPS) is 11.0. The molecule has 0 atom stereocenters. The average molecular weight is 449 g/mol. The maximum atomic E-state index is 12.1. The molecule has 0 aliphatic carbocycles. The fourth-order valence-corrected chi connectivity index (χ4v) is 4.28. The largest absolute Gasteiger partial charge is 0.494 e. The lowest BCUT2D eigenvalue weighted by atomic mass is 10.0. The summed E-state index contributed by atoms with van der Waals surface area (Å²) in [4.78, 5) is 16.7. The molecule has 0 fully saturated rings. The molecule has 1 N–H and O–H groups in total. The summed E-state index contributed by atoms with van der Waals surface area (Å²) in [6, 6.07) is 29.7. The molecule has 168 valence electrons. The van der Waals surface area contributed by atoms with Gasteiger partial charge in [-0.15, -0.1) is 0 Å². The highest BCUT2D eigenvalue weighted by atomic mass is 16.5. The zero-order valence-corrected chi connectivity index (χ0v) is 18.8. The van der Waals surface area contributed by atoms with Crippen molar-refractivity contribution < 1.29 is 14.6 Å². The standard InChI is InChI=1S/C29H24N2O3/c1-2-34-24-10-6-9-23(17-24)28-25-18-27(29(32)33)31(26(25)15-16-30-28)19-20-11-13-22(14-12-20)21-7-4-3-5-8-21/h3-18H,2,19H2,1H3,(H,32,33). The Balaban J connectivity index is 1.55. The zero-order valence-electron chi connectivity index (χ0n) is 18.8. The van der Waals surface area contributed by atoms with Crippen molar-refractivity contribution in [1.29, 1.82) is 0 Å². The first kappa shape index (κ1) is 21.5. The summed E-state index contributed by atoms with van der Waals surface area (Å²) in [6.45, 7) is 2.96. The number of carboxylic acid groups (broad SMARTS) is 1. The summed E-state index contributed by atoms with van der Waals surface area (Å²) in [6.07, 6.45) is 1.73. The molecule has 5 aromatic rings. The van der Waals surface area contributed by atoms with E-state index in [1.165, 1.54) is 0 Å². The number of carbonyl (C=O) groups is 1. The van der Waals surface area contributed by atoms with Crippen LogP contribution in [0.5, 0.6) is 5.75 Å². The number of aromatic nitrogens is 2. The molecule has 0 saturated heterocycles. The van der Waals surface area contributed by atoms with E-state index in [4.69, 9.17) is 4.74 Å². The van der Waals surface area contributed by atoms with Crippen molar-refractivity contribution in [1.82, 2.24) is 9.55 Å². The smallest absolute Gasteiger partial charge is 0.352 e. The van der Waals surface area contributed by atoms with Crippen LogP contribution in [0.1, 0.15) is 23.0 Å². The van der Waals surface area contributed by atoms with E-state index in [9.17, 15) is 9.90 Å². The van der Waals surface area contributed by atoms with E-state index in [0.29, 0.717) is 13.2 Å². The van der Waals surface area contributed by atoms with Crippen molar-refractivity contribution in [3.63, 3.8) is 0 Å². The van der Waals surface area contributed by atoms with E-state index in [1.54, 1.807) is 12.3 Å². The quantitative estimate of drug-likeness (QED) is 0.308. The van der Waals surface area contributed by atoms with Crippen molar-refractivity contribution >= 4 is 16.9 Å². The lowest BCUT2D eigenvalue weighted by molar-refractivity contribution is 0.0686. The summed E-state index contributed by atoms with van der Waals surface area (Å²) in [5, 5.41) is 10.8. The maximum absolute atomic E-state index is 12.1. The summed E-state index contributed by atoms with van der Waals surface area (Å²) in [7, 11) is 0. The Kier molecular flexibility index (Phi) is 5.83. The topological polar surface area (TPSA) is 64.3 Å². The molecule has 0 spiro atoms. The van der Waals surface area contributed by atoms with Crippen molar-refractivity contribution in [2.45, 2.75) is 13.5 Å². The Morgan fingerprint density at radius 1 is 0.882 bits per heavy atom. The Morgan fingerprint density at radius 3 is 2.35 bits per heavy atom. The third-order valence-corrected chi connectivity index (χ3v) is 5.87. The number of pyridine rings is 1. The van der Waals surface area contributed by atoms with E-state index in [1.807, 2.05) is 72.2 Å². The molecular weight excluding hydrogens is 424 g/mol. The minimum absolute atomic E-state index is 0.234. The monoisotopic (exact) mass is 448 g/mol. The molecule has 2 heterocycles. The fraction of sp³-hybridized carbons (Fsp3) is 0.103. The second-order valence-electron chi connectivity index (χ2n) is 8.04. The van der Waals surface area contributed by atoms with Gasteiger partial charge in [0.05, 0.1) is 17.8 Å². The fourth-order valence-electron chi connectivity index (χ4n) is 4.28. The highest BCUT2D eigenvalue weighted by Gasteiger charge is 2.18. The van der Waals surface area contributed by atoms with E-state index >= 15 is 0 Å². The molecule has 0 bridgehead atoms. The van der Waals surface area contributed by atoms with Gasteiger partial charge in [-0.05, 0) is 47.9 Å². The minimum Gasteiger partial charge on any atom is -0.494 e. The van der Waals surface area contributed by atoms with Gasteiger partial charge in [-0.3, -0.25) is 4.98 Å². The van der Waals surface area contributed by atoms with Gasteiger partial charge < -0.3 is 14.4 Å². The maximum Gasteiger partial charge on any atom is 0.352 e. The number of hydrogen-bond acceptors (Lipinski definition) is 3. The molecule has 0 saturated carbocycles. The number of carboxylic acids is 1. The molecular formula is C29H24N2O3. The molecule has 34 heavy (non-hydrogen) atoms. The first-order valence-electron chi connectivity index (χ1n) is 11.2. The molecule has 0 aliphatic rings. The summed E-state index contributed by atoms with van der Waals surface area (Å²) in [5.41, 5.74) is 5.99. The number of nitrogens with zero attached hydrogens (tertiary/aromatic N) is 2. The Morgan fingerprint density at radius 2 is 1.62 bits per heavy atom. The number of hydrogen-bond donors (Lipinski definition) is 1. The first-order valence-corrected chi connectivity index (χ1v) is 11.2. The highest BCUT2D eigenvalue weighted by molar-refractivity contribution is 6.00. The van der Waals surface area contributed by atoms with E-state index in [2.05, 4.69) is 29.2 Å². The molecule has 5 heteroatoms. The van der Waals surface area contributed by atoms with Gasteiger partial charge in [-0.1, -0.05) is 66.7 Å². The third kappa shape index (κ3) is 4.16. The van der Waals surface area contributed by atoms with E-state index in [0.717, 1.165) is 44.6 Å². The van der Waals surface area contributed by atoms with Crippen LogP contribution >= 0.6 is 0 Å². The van der Waals surface area contributed by atoms with Gasteiger partial charge in [0.15, 0.2) is 0 Å². The van der Waals surface area contributed by atoms with Crippen LogP contribution in [-0.4, -0.2) is 27.2 Å². The van der Waals surface area contributed by atoms with Crippen LogP contribution in [0.4, 0.5) is 0 Å². The second-order valence-corrected chi connectivity index (χ2v) is 8.04. The van der Waals surface area contributed by atoms with Crippen molar-refractivity contribution in [3.8, 4) is 28.1 Å². The first-order chi connectivity index (χ1) is 16.6. The molecule has 2 aromatic heterocycles.